The minimum atomic E-state index is -4.02. The van der Waals surface area contributed by atoms with Crippen LogP contribution in [0.2, 0.25) is 0 Å². The number of fused-ring (bicyclic) bond motifs is 1. The van der Waals surface area contributed by atoms with E-state index in [-0.39, 0.29) is 17.1 Å². The van der Waals surface area contributed by atoms with Crippen LogP contribution < -0.4 is 0 Å². The van der Waals surface area contributed by atoms with Gasteiger partial charge < -0.3 is 9.26 Å². The smallest absolute Gasteiger partial charge is 0.327 e. The lowest BCUT2D eigenvalue weighted by Crippen LogP contribution is -2.35. The van der Waals surface area contributed by atoms with E-state index in [4.69, 9.17) is 9.26 Å². The largest absolute Gasteiger partial charge is 0.458 e. The number of aryl methyl sites for hydroxylation is 1. The number of ether oxygens (including phenoxy) is 1. The van der Waals surface area contributed by atoms with Gasteiger partial charge >= 0.3 is 5.97 Å². The predicted molar refractivity (Wildman–Crippen MR) is 75.7 cm³/mol. The summed E-state index contributed by atoms with van der Waals surface area (Å²) < 4.78 is 34.8. The molecule has 0 atom stereocenters. The first-order valence-corrected chi connectivity index (χ1v) is 8.07. The molecule has 1 amide bonds. The van der Waals surface area contributed by atoms with Gasteiger partial charge in [-0.15, -0.1) is 0 Å². The molecule has 9 heteroatoms. The molecule has 1 aromatic heterocycles. The highest BCUT2D eigenvalue weighted by atomic mass is 32.2. The molecule has 2 aromatic rings. The summed E-state index contributed by atoms with van der Waals surface area (Å²) in [7, 11) is -4.02. The van der Waals surface area contributed by atoms with Gasteiger partial charge in [-0.25, -0.2) is 12.7 Å². The van der Waals surface area contributed by atoms with Crippen molar-refractivity contribution in [2.75, 3.05) is 6.54 Å². The fraction of sp³-hybridized carbons (Fsp3) is 0.214. The van der Waals surface area contributed by atoms with Crippen LogP contribution in [0.3, 0.4) is 0 Å². The van der Waals surface area contributed by atoms with E-state index in [1.165, 1.54) is 18.2 Å². The maximum Gasteiger partial charge on any atom is 0.327 e. The zero-order chi connectivity index (χ0) is 16.6. The normalized spacial score (nSPS) is 15.5. The second-order valence-corrected chi connectivity index (χ2v) is 6.73. The number of aromatic nitrogens is 1. The summed E-state index contributed by atoms with van der Waals surface area (Å²) in [6, 6.07) is 7.38. The van der Waals surface area contributed by atoms with Gasteiger partial charge in [0.2, 0.25) is 0 Å². The second kappa shape index (κ2) is 5.51. The Kier molecular flexibility index (Phi) is 3.64. The molecule has 0 aliphatic carbocycles. The lowest BCUT2D eigenvalue weighted by molar-refractivity contribution is -0.144. The summed E-state index contributed by atoms with van der Waals surface area (Å²) in [5.74, 6) is -1.03. The fourth-order valence-electron chi connectivity index (χ4n) is 2.19. The van der Waals surface area contributed by atoms with Gasteiger partial charge in [0.25, 0.3) is 15.9 Å². The number of sulfonamides is 1. The monoisotopic (exact) mass is 336 g/mol. The van der Waals surface area contributed by atoms with E-state index in [0.717, 1.165) is 0 Å². The van der Waals surface area contributed by atoms with Crippen LogP contribution >= 0.6 is 0 Å². The SMILES string of the molecule is Cc1cc(COC(=O)CN2C(=O)c3ccccc3S2(=O)=O)no1. The Morgan fingerprint density at radius 3 is 2.74 bits per heavy atom. The van der Waals surface area contributed by atoms with Gasteiger partial charge in [-0.05, 0) is 19.1 Å². The fourth-order valence-corrected chi connectivity index (χ4v) is 3.70. The molecular formula is C14H12N2O6S. The minimum Gasteiger partial charge on any atom is -0.458 e. The quantitative estimate of drug-likeness (QED) is 0.762. The lowest BCUT2D eigenvalue weighted by atomic mass is 10.2. The molecule has 0 saturated carbocycles. The highest BCUT2D eigenvalue weighted by Crippen LogP contribution is 2.29. The summed E-state index contributed by atoms with van der Waals surface area (Å²) in [6.45, 7) is 0.836. The number of amides is 1. The molecule has 0 N–H and O–H groups in total. The van der Waals surface area contributed by atoms with Gasteiger partial charge in [-0.3, -0.25) is 9.59 Å². The van der Waals surface area contributed by atoms with Crippen molar-refractivity contribution in [1.29, 1.82) is 0 Å². The predicted octanol–water partition coefficient (Wildman–Crippen LogP) is 0.871. The first-order valence-electron chi connectivity index (χ1n) is 6.63. The van der Waals surface area contributed by atoms with Crippen LogP contribution in [0.5, 0.6) is 0 Å². The Balaban J connectivity index is 1.71. The van der Waals surface area contributed by atoms with E-state index < -0.39 is 28.4 Å². The van der Waals surface area contributed by atoms with Crippen molar-refractivity contribution in [3.63, 3.8) is 0 Å². The summed E-state index contributed by atoms with van der Waals surface area (Å²) >= 11 is 0. The average molecular weight is 336 g/mol. The molecule has 1 aliphatic rings. The van der Waals surface area contributed by atoms with Crippen molar-refractivity contribution in [1.82, 2.24) is 9.46 Å². The molecule has 1 aromatic carbocycles. The van der Waals surface area contributed by atoms with E-state index in [9.17, 15) is 18.0 Å². The summed E-state index contributed by atoms with van der Waals surface area (Å²) in [6.07, 6.45) is 0. The molecule has 0 spiro atoms. The van der Waals surface area contributed by atoms with Gasteiger partial charge in [0, 0.05) is 6.07 Å². The van der Waals surface area contributed by atoms with Crippen LogP contribution in [0.25, 0.3) is 0 Å². The molecule has 8 nitrogen and oxygen atoms in total. The molecule has 23 heavy (non-hydrogen) atoms. The van der Waals surface area contributed by atoms with Crippen LogP contribution in [0.4, 0.5) is 0 Å². The van der Waals surface area contributed by atoms with E-state index in [1.807, 2.05) is 0 Å². The van der Waals surface area contributed by atoms with Gasteiger partial charge in [-0.1, -0.05) is 17.3 Å². The lowest BCUT2D eigenvalue weighted by Gasteiger charge is -2.13. The third kappa shape index (κ3) is 2.70. The highest BCUT2D eigenvalue weighted by Gasteiger charge is 2.42. The van der Waals surface area contributed by atoms with Crippen LogP contribution in [-0.2, 0) is 26.2 Å². The number of nitrogens with zero attached hydrogens (tertiary/aromatic N) is 2. The summed E-state index contributed by atoms with van der Waals surface area (Å²) in [5.41, 5.74) is 0.446. The van der Waals surface area contributed by atoms with Gasteiger partial charge in [0.05, 0.1) is 5.56 Å². The Hall–Kier alpha value is -2.68. The van der Waals surface area contributed by atoms with Crippen molar-refractivity contribution < 1.29 is 27.3 Å². The molecule has 1 aliphatic heterocycles. The highest BCUT2D eigenvalue weighted by molar-refractivity contribution is 7.90. The van der Waals surface area contributed by atoms with E-state index in [1.54, 1.807) is 19.1 Å². The zero-order valence-corrected chi connectivity index (χ0v) is 12.9. The van der Waals surface area contributed by atoms with Crippen molar-refractivity contribution in [3.8, 4) is 0 Å². The molecule has 0 bridgehead atoms. The first-order chi connectivity index (χ1) is 10.9. The number of carbonyl (C=O) groups is 2. The molecule has 120 valence electrons. The molecule has 0 unspecified atom stereocenters. The van der Waals surface area contributed by atoms with Crippen LogP contribution in [-0.4, -0.2) is 36.3 Å². The third-order valence-electron chi connectivity index (χ3n) is 3.24. The number of hydrogen-bond acceptors (Lipinski definition) is 7. The molecule has 3 rings (SSSR count). The van der Waals surface area contributed by atoms with Crippen LogP contribution in [0.1, 0.15) is 21.8 Å². The van der Waals surface area contributed by atoms with Crippen molar-refractivity contribution in [2.24, 2.45) is 0 Å². The minimum absolute atomic E-state index is 0.0485. The number of carbonyl (C=O) groups excluding carboxylic acids is 2. The molecule has 0 fully saturated rings. The number of hydrogen-bond donors (Lipinski definition) is 0. The van der Waals surface area contributed by atoms with Crippen molar-refractivity contribution in [3.05, 3.63) is 47.3 Å². The Morgan fingerprint density at radius 2 is 2.09 bits per heavy atom. The zero-order valence-electron chi connectivity index (χ0n) is 12.1. The van der Waals surface area contributed by atoms with Gasteiger partial charge in [0.15, 0.2) is 0 Å². The van der Waals surface area contributed by atoms with Crippen LogP contribution in [0, 0.1) is 6.92 Å². The maximum absolute atomic E-state index is 12.3. The number of esters is 1. The number of benzene rings is 1. The standard InChI is InChI=1S/C14H12N2O6S/c1-9-6-10(15-22-9)8-21-13(17)7-16-14(18)11-4-2-3-5-12(11)23(16,19)20/h2-6H,7-8H2,1H3. The van der Waals surface area contributed by atoms with E-state index in [0.29, 0.717) is 15.8 Å². The molecular weight excluding hydrogens is 324 g/mol. The Labute approximate surface area is 131 Å². The molecule has 0 saturated heterocycles. The van der Waals surface area contributed by atoms with Gasteiger partial charge in [-0.2, -0.15) is 0 Å². The van der Waals surface area contributed by atoms with Crippen molar-refractivity contribution >= 4 is 21.9 Å². The van der Waals surface area contributed by atoms with Crippen molar-refractivity contribution in [2.45, 2.75) is 18.4 Å². The second-order valence-electron chi connectivity index (χ2n) is 4.90. The number of rotatable bonds is 4. The topological polar surface area (TPSA) is 107 Å². The average Bonchev–Trinajstić information content (AvgIpc) is 3.02. The molecule has 0 radical (unpaired) electrons. The maximum atomic E-state index is 12.3. The first kappa shape index (κ1) is 15.2. The third-order valence-corrected chi connectivity index (χ3v) is 5.03. The summed E-state index contributed by atoms with van der Waals surface area (Å²) in [4.78, 5) is 23.9. The van der Waals surface area contributed by atoms with Crippen LogP contribution in [0.15, 0.2) is 39.8 Å². The van der Waals surface area contributed by atoms with E-state index in [2.05, 4.69) is 5.16 Å². The molecule has 2 heterocycles. The Bertz CT molecular complexity index is 886. The van der Waals surface area contributed by atoms with E-state index >= 15 is 0 Å². The Morgan fingerprint density at radius 1 is 1.35 bits per heavy atom. The van der Waals surface area contributed by atoms with Gasteiger partial charge in [0.1, 0.15) is 29.5 Å². The summed E-state index contributed by atoms with van der Waals surface area (Å²) in [5, 5.41) is 3.64.